The first-order chi connectivity index (χ1) is 14.9. The van der Waals surface area contributed by atoms with Gasteiger partial charge in [0.15, 0.2) is 5.79 Å². The molecule has 1 aromatic rings. The topological polar surface area (TPSA) is 94.1 Å². The highest BCUT2D eigenvalue weighted by molar-refractivity contribution is 5.70. The first-order valence-electron chi connectivity index (χ1n) is 10.7. The molecule has 0 aromatic heterocycles. The molecule has 8 heteroatoms. The Kier molecular flexibility index (Phi) is 13.5. The van der Waals surface area contributed by atoms with Crippen LogP contribution in [0.25, 0.3) is 0 Å². The summed E-state index contributed by atoms with van der Waals surface area (Å²) in [5.41, 5.74) is 0.537. The molecule has 1 unspecified atom stereocenters. The van der Waals surface area contributed by atoms with Crippen molar-refractivity contribution in [2.24, 2.45) is 0 Å². The number of benzene rings is 1. The molecule has 1 saturated heterocycles. The van der Waals surface area contributed by atoms with Gasteiger partial charge < -0.3 is 29.4 Å². The number of esters is 1. The Bertz CT molecular complexity index is 659. The summed E-state index contributed by atoms with van der Waals surface area (Å²) in [5, 5.41) is 10.4. The summed E-state index contributed by atoms with van der Waals surface area (Å²) in [6.07, 6.45) is 1.43. The van der Waals surface area contributed by atoms with Gasteiger partial charge in [-0.25, -0.2) is 4.39 Å². The smallest absolute Gasteiger partial charge is 0.308 e. The van der Waals surface area contributed by atoms with E-state index in [-0.39, 0.29) is 36.5 Å². The molecule has 7 nitrogen and oxygen atoms in total. The predicted octanol–water partition coefficient (Wildman–Crippen LogP) is 3.93. The van der Waals surface area contributed by atoms with Crippen LogP contribution in [0.15, 0.2) is 24.3 Å². The van der Waals surface area contributed by atoms with E-state index >= 15 is 0 Å². The largest absolute Gasteiger partial charge is 0.460 e. The van der Waals surface area contributed by atoms with Gasteiger partial charge in [0.2, 0.25) is 0 Å². The lowest BCUT2D eigenvalue weighted by molar-refractivity contribution is -0.300. The van der Waals surface area contributed by atoms with Crippen LogP contribution < -0.4 is 5.32 Å². The zero-order valence-electron chi connectivity index (χ0n) is 20.4. The number of carbonyl (C=O) groups is 2. The van der Waals surface area contributed by atoms with Crippen LogP contribution >= 0.6 is 0 Å². The van der Waals surface area contributed by atoms with Crippen molar-refractivity contribution in [2.45, 2.75) is 90.4 Å². The standard InChI is InChI=1S/C22H34FNO4.CH4O.CH2O/c1-15(16-7-9-17(23)10-8-16)24-12-11-18-13-19(27-22(5,6)26-18)14-20(25)28-21(2,3)4;2*1-2/h7-10,15,18-19,24H,11-14H2,1-6H3;2H,1H3;1H2/t15?,18-,19-;;/m1../s1. The number of aliphatic hydroxyl groups excluding tert-OH is 1. The summed E-state index contributed by atoms with van der Waals surface area (Å²) in [6, 6.07) is 6.64. The predicted molar refractivity (Wildman–Crippen MR) is 122 cm³/mol. The fourth-order valence-corrected chi connectivity index (χ4v) is 3.42. The number of hydrogen-bond donors (Lipinski definition) is 2. The van der Waals surface area contributed by atoms with E-state index in [9.17, 15) is 9.18 Å². The van der Waals surface area contributed by atoms with E-state index in [0.29, 0.717) is 6.42 Å². The number of nitrogens with one attached hydrogen (secondary N) is 1. The van der Waals surface area contributed by atoms with Gasteiger partial charge in [-0.2, -0.15) is 0 Å². The van der Waals surface area contributed by atoms with Gasteiger partial charge in [-0.05, 0) is 72.2 Å². The number of hydrogen-bond acceptors (Lipinski definition) is 7. The van der Waals surface area contributed by atoms with Crippen LogP contribution in [0.3, 0.4) is 0 Å². The van der Waals surface area contributed by atoms with Crippen LogP contribution in [-0.2, 0) is 23.8 Å². The zero-order valence-corrected chi connectivity index (χ0v) is 20.4. The maximum absolute atomic E-state index is 13.1. The summed E-state index contributed by atoms with van der Waals surface area (Å²) >= 11 is 0. The molecule has 0 saturated carbocycles. The molecule has 32 heavy (non-hydrogen) atoms. The highest BCUT2D eigenvalue weighted by Gasteiger charge is 2.36. The maximum Gasteiger partial charge on any atom is 0.308 e. The lowest BCUT2D eigenvalue weighted by atomic mass is 10.0. The number of ether oxygens (including phenoxy) is 3. The van der Waals surface area contributed by atoms with Crippen LogP contribution in [0.4, 0.5) is 4.39 Å². The van der Waals surface area contributed by atoms with Gasteiger partial charge in [0.05, 0.1) is 18.6 Å². The number of aliphatic hydroxyl groups is 1. The number of halogens is 1. The lowest BCUT2D eigenvalue weighted by Crippen LogP contribution is -2.46. The molecule has 184 valence electrons. The molecule has 1 aromatic carbocycles. The Morgan fingerprint density at radius 1 is 1.22 bits per heavy atom. The van der Waals surface area contributed by atoms with E-state index in [1.165, 1.54) is 12.1 Å². The van der Waals surface area contributed by atoms with E-state index in [2.05, 4.69) is 5.32 Å². The van der Waals surface area contributed by atoms with Gasteiger partial charge in [0.25, 0.3) is 0 Å². The van der Waals surface area contributed by atoms with Crippen LogP contribution in [-0.4, -0.2) is 55.1 Å². The van der Waals surface area contributed by atoms with E-state index in [1.807, 2.05) is 48.3 Å². The summed E-state index contributed by atoms with van der Waals surface area (Å²) in [4.78, 5) is 20.1. The molecule has 0 aliphatic carbocycles. The van der Waals surface area contributed by atoms with Crippen molar-refractivity contribution in [1.82, 2.24) is 5.32 Å². The Hall–Kier alpha value is -1.87. The third kappa shape index (κ3) is 12.2. The molecule has 3 atom stereocenters. The van der Waals surface area contributed by atoms with Crippen molar-refractivity contribution in [2.75, 3.05) is 13.7 Å². The summed E-state index contributed by atoms with van der Waals surface area (Å²) < 4.78 is 30.4. The Morgan fingerprint density at radius 2 is 1.75 bits per heavy atom. The molecule has 0 spiro atoms. The van der Waals surface area contributed by atoms with Crippen molar-refractivity contribution in [3.8, 4) is 0 Å². The quantitative estimate of drug-likeness (QED) is 0.599. The van der Waals surface area contributed by atoms with Gasteiger partial charge in [-0.3, -0.25) is 4.79 Å². The summed E-state index contributed by atoms with van der Waals surface area (Å²) in [6.45, 7) is 14.1. The second-order valence-electron chi connectivity index (χ2n) is 8.92. The monoisotopic (exact) mass is 457 g/mol. The van der Waals surface area contributed by atoms with Crippen LogP contribution in [0.5, 0.6) is 0 Å². The van der Waals surface area contributed by atoms with Crippen molar-refractivity contribution in [3.63, 3.8) is 0 Å². The van der Waals surface area contributed by atoms with Gasteiger partial charge >= 0.3 is 5.97 Å². The molecule has 0 radical (unpaired) electrons. The average molecular weight is 458 g/mol. The molecule has 1 fully saturated rings. The highest BCUT2D eigenvalue weighted by atomic mass is 19.1. The molecule has 1 aliphatic heterocycles. The maximum atomic E-state index is 13.1. The first kappa shape index (κ1) is 30.1. The fourth-order valence-electron chi connectivity index (χ4n) is 3.42. The summed E-state index contributed by atoms with van der Waals surface area (Å²) in [5.74, 6) is -1.22. The minimum Gasteiger partial charge on any atom is -0.460 e. The van der Waals surface area contributed by atoms with Crippen LogP contribution in [0.2, 0.25) is 0 Å². The molecule has 1 heterocycles. The lowest BCUT2D eigenvalue weighted by Gasteiger charge is -2.41. The third-order valence-electron chi connectivity index (χ3n) is 4.53. The SMILES string of the molecule is C=O.CC(NCC[C@@H]1C[C@H](CC(=O)OC(C)(C)C)OC(C)(C)O1)c1ccc(F)cc1.CO. The molecule has 2 N–H and O–H groups in total. The summed E-state index contributed by atoms with van der Waals surface area (Å²) in [7, 11) is 1.00. The highest BCUT2D eigenvalue weighted by Crippen LogP contribution is 2.30. The minimum absolute atomic E-state index is 0.0101. The van der Waals surface area contributed by atoms with Crippen molar-refractivity contribution in [1.29, 1.82) is 0 Å². The normalized spacial score (nSPS) is 20.7. The van der Waals surface area contributed by atoms with Crippen LogP contribution in [0, 0.1) is 5.82 Å². The molecular weight excluding hydrogens is 417 g/mol. The van der Waals surface area contributed by atoms with Gasteiger partial charge in [-0.15, -0.1) is 0 Å². The average Bonchev–Trinajstić information content (AvgIpc) is 2.68. The van der Waals surface area contributed by atoms with Crippen LogP contribution in [0.1, 0.15) is 72.4 Å². The molecule has 0 bridgehead atoms. The fraction of sp³-hybridized carbons (Fsp3) is 0.667. The Balaban J connectivity index is 0.00000227. The third-order valence-corrected chi connectivity index (χ3v) is 4.53. The Morgan fingerprint density at radius 3 is 2.28 bits per heavy atom. The van der Waals surface area contributed by atoms with E-state index in [0.717, 1.165) is 25.6 Å². The van der Waals surface area contributed by atoms with Crippen molar-refractivity contribution >= 4 is 12.8 Å². The van der Waals surface area contributed by atoms with Gasteiger partial charge in [0.1, 0.15) is 18.2 Å². The minimum atomic E-state index is -0.738. The van der Waals surface area contributed by atoms with E-state index in [4.69, 9.17) is 24.1 Å². The Labute approximate surface area is 191 Å². The first-order valence-corrected chi connectivity index (χ1v) is 10.7. The number of rotatable bonds is 7. The van der Waals surface area contributed by atoms with E-state index in [1.54, 1.807) is 12.1 Å². The second kappa shape index (κ2) is 14.3. The van der Waals surface area contributed by atoms with Crippen molar-refractivity contribution < 1.29 is 33.3 Å². The van der Waals surface area contributed by atoms with Gasteiger partial charge in [0, 0.05) is 19.6 Å². The second-order valence-corrected chi connectivity index (χ2v) is 8.92. The number of carbonyl (C=O) groups excluding carboxylic acids is 2. The molecule has 2 rings (SSSR count). The molecular formula is C24H40FNO6. The molecule has 1 aliphatic rings. The molecule has 0 amide bonds. The van der Waals surface area contributed by atoms with Gasteiger partial charge in [-0.1, -0.05) is 12.1 Å². The zero-order chi connectivity index (χ0) is 24.9. The van der Waals surface area contributed by atoms with Crippen molar-refractivity contribution in [3.05, 3.63) is 35.6 Å². The van der Waals surface area contributed by atoms with E-state index < -0.39 is 11.4 Å².